The van der Waals surface area contributed by atoms with Crippen LogP contribution < -0.4 is 0 Å². The fraction of sp³-hybridized carbons (Fsp3) is 0.923. The van der Waals surface area contributed by atoms with Gasteiger partial charge in [-0.15, -0.1) is 0 Å². The van der Waals surface area contributed by atoms with Crippen molar-refractivity contribution in [3.63, 3.8) is 0 Å². The van der Waals surface area contributed by atoms with Crippen molar-refractivity contribution in [3.05, 3.63) is 0 Å². The first-order valence-electron chi connectivity index (χ1n) is 6.72. The van der Waals surface area contributed by atoms with Gasteiger partial charge < -0.3 is 9.64 Å². The van der Waals surface area contributed by atoms with E-state index in [2.05, 4.69) is 11.8 Å². The normalized spacial score (nSPS) is 31.4. The molecule has 2 aliphatic rings. The van der Waals surface area contributed by atoms with Crippen molar-refractivity contribution < 1.29 is 4.74 Å². The summed E-state index contributed by atoms with van der Waals surface area (Å²) in [4.78, 5) is 2.23. The first-order chi connectivity index (χ1) is 7.81. The molecule has 0 amide bonds. The van der Waals surface area contributed by atoms with E-state index in [4.69, 9.17) is 10.1 Å². The zero-order valence-corrected chi connectivity index (χ0v) is 10.4. The highest BCUT2D eigenvalue weighted by atomic mass is 16.5. The van der Waals surface area contributed by atoms with Crippen LogP contribution >= 0.6 is 0 Å². The summed E-state index contributed by atoms with van der Waals surface area (Å²) in [5.74, 6) is 2.28. The molecule has 3 nitrogen and oxygen atoms in total. The fourth-order valence-corrected chi connectivity index (χ4v) is 2.97. The van der Waals surface area contributed by atoms with Crippen molar-refractivity contribution in [3.8, 4) is 0 Å². The highest BCUT2D eigenvalue weighted by molar-refractivity contribution is 5.81. The van der Waals surface area contributed by atoms with E-state index in [1.165, 1.54) is 32.1 Å². The average Bonchev–Trinajstić information content (AvgIpc) is 2.39. The van der Waals surface area contributed by atoms with E-state index in [0.29, 0.717) is 5.92 Å². The van der Waals surface area contributed by atoms with Gasteiger partial charge in [0.25, 0.3) is 0 Å². The molecule has 0 aromatic carbocycles. The summed E-state index contributed by atoms with van der Waals surface area (Å²) in [7, 11) is 0. The van der Waals surface area contributed by atoms with Crippen LogP contribution in [0.2, 0.25) is 0 Å². The number of nitrogens with one attached hydrogen (secondary N) is 1. The van der Waals surface area contributed by atoms with Gasteiger partial charge in [0, 0.05) is 19.0 Å². The summed E-state index contributed by atoms with van der Waals surface area (Å²) in [5, 5.41) is 8.31. The quantitative estimate of drug-likeness (QED) is 0.578. The van der Waals surface area contributed by atoms with Crippen LogP contribution in [0.3, 0.4) is 0 Å². The van der Waals surface area contributed by atoms with E-state index in [-0.39, 0.29) is 0 Å². The van der Waals surface area contributed by atoms with Crippen molar-refractivity contribution in [1.82, 2.24) is 4.90 Å². The third-order valence-electron chi connectivity index (χ3n) is 4.10. The van der Waals surface area contributed by atoms with E-state index < -0.39 is 0 Å². The second kappa shape index (κ2) is 5.67. The highest BCUT2D eigenvalue weighted by Gasteiger charge is 2.27. The maximum Gasteiger partial charge on any atom is 0.0991 e. The van der Waals surface area contributed by atoms with Gasteiger partial charge in [0.15, 0.2) is 0 Å². The van der Waals surface area contributed by atoms with Crippen LogP contribution in [0.1, 0.15) is 39.0 Å². The van der Waals surface area contributed by atoms with Crippen LogP contribution in [0.4, 0.5) is 0 Å². The molecular weight excluding hydrogens is 200 g/mol. The van der Waals surface area contributed by atoms with Crippen LogP contribution in [-0.4, -0.2) is 37.0 Å². The number of ether oxygens (including phenoxy) is 1. The molecule has 0 radical (unpaired) electrons. The predicted molar refractivity (Wildman–Crippen MR) is 65.9 cm³/mol. The summed E-state index contributed by atoms with van der Waals surface area (Å²) >= 11 is 0. The summed E-state index contributed by atoms with van der Waals surface area (Å²) < 4.78 is 5.34. The third-order valence-corrected chi connectivity index (χ3v) is 4.10. The molecule has 0 aromatic heterocycles. The Morgan fingerprint density at radius 1 is 1.31 bits per heavy atom. The maximum atomic E-state index is 8.31. The van der Waals surface area contributed by atoms with Gasteiger partial charge in [-0.2, -0.15) is 0 Å². The number of morpholine rings is 1. The Balaban J connectivity index is 1.87. The smallest absolute Gasteiger partial charge is 0.0991 e. The van der Waals surface area contributed by atoms with Gasteiger partial charge in [-0.05, 0) is 18.8 Å². The number of hydrogen-bond donors (Lipinski definition) is 1. The number of hydrogen-bond acceptors (Lipinski definition) is 2. The maximum absolute atomic E-state index is 8.31. The molecule has 0 bridgehead atoms. The molecule has 2 unspecified atom stereocenters. The highest BCUT2D eigenvalue weighted by Crippen LogP contribution is 2.32. The molecular formula is C13H24N2O. The Morgan fingerprint density at radius 2 is 2.06 bits per heavy atom. The van der Waals surface area contributed by atoms with Gasteiger partial charge in [0.05, 0.1) is 19.0 Å². The zero-order chi connectivity index (χ0) is 11.4. The molecule has 1 aliphatic heterocycles. The van der Waals surface area contributed by atoms with Crippen molar-refractivity contribution in [2.24, 2.45) is 11.8 Å². The molecule has 2 atom stereocenters. The molecule has 16 heavy (non-hydrogen) atoms. The first kappa shape index (κ1) is 11.9. The first-order valence-corrected chi connectivity index (χ1v) is 6.72. The average molecular weight is 224 g/mol. The number of nitrogens with zero attached hydrogens (tertiary/aromatic N) is 1. The summed E-state index contributed by atoms with van der Waals surface area (Å²) in [5.41, 5.74) is 0. The molecule has 1 saturated carbocycles. The Kier molecular flexibility index (Phi) is 4.22. The Hall–Kier alpha value is -0.570. The van der Waals surface area contributed by atoms with Crippen molar-refractivity contribution >= 4 is 5.84 Å². The second-order valence-electron chi connectivity index (χ2n) is 5.12. The molecule has 1 heterocycles. The summed E-state index contributed by atoms with van der Waals surface area (Å²) in [6.45, 7) is 5.72. The second-order valence-corrected chi connectivity index (χ2v) is 5.12. The van der Waals surface area contributed by atoms with Gasteiger partial charge in [-0.25, -0.2) is 0 Å². The molecule has 1 saturated heterocycles. The van der Waals surface area contributed by atoms with Crippen LogP contribution in [-0.2, 0) is 4.74 Å². The van der Waals surface area contributed by atoms with Crippen LogP contribution in [0.25, 0.3) is 0 Å². The van der Waals surface area contributed by atoms with E-state index >= 15 is 0 Å². The lowest BCUT2D eigenvalue weighted by atomic mass is 9.79. The SMILES string of the molecule is CCC1CCCC(C(=N)N2CCOCC2)C1. The Bertz CT molecular complexity index is 236. The Labute approximate surface area is 98.7 Å². The third kappa shape index (κ3) is 2.76. The minimum atomic E-state index is 0.525. The van der Waals surface area contributed by atoms with Crippen molar-refractivity contribution in [1.29, 1.82) is 5.41 Å². The fourth-order valence-electron chi connectivity index (χ4n) is 2.97. The molecule has 92 valence electrons. The van der Waals surface area contributed by atoms with Crippen molar-refractivity contribution in [2.75, 3.05) is 26.3 Å². The predicted octanol–water partition coefficient (Wildman–Crippen LogP) is 2.51. The van der Waals surface area contributed by atoms with Crippen LogP contribution in [0, 0.1) is 17.2 Å². The topological polar surface area (TPSA) is 36.3 Å². The van der Waals surface area contributed by atoms with Crippen molar-refractivity contribution in [2.45, 2.75) is 39.0 Å². The minimum Gasteiger partial charge on any atom is -0.378 e. The van der Waals surface area contributed by atoms with E-state index in [9.17, 15) is 0 Å². The molecule has 2 rings (SSSR count). The summed E-state index contributed by atoms with van der Waals surface area (Å²) in [6, 6.07) is 0. The standard InChI is InChI=1S/C13H24N2O/c1-2-11-4-3-5-12(10-11)13(14)15-6-8-16-9-7-15/h11-12,14H,2-10H2,1H3. The molecule has 1 N–H and O–H groups in total. The van der Waals surface area contributed by atoms with E-state index in [0.717, 1.165) is 38.1 Å². The lowest BCUT2D eigenvalue weighted by molar-refractivity contribution is 0.0643. The molecule has 3 heteroatoms. The lowest BCUT2D eigenvalue weighted by Crippen LogP contribution is -2.44. The molecule has 0 aromatic rings. The van der Waals surface area contributed by atoms with Gasteiger partial charge >= 0.3 is 0 Å². The minimum absolute atomic E-state index is 0.525. The zero-order valence-electron chi connectivity index (χ0n) is 10.4. The Morgan fingerprint density at radius 3 is 2.75 bits per heavy atom. The molecule has 1 aliphatic carbocycles. The molecule has 0 spiro atoms. The van der Waals surface area contributed by atoms with Crippen LogP contribution in [0.5, 0.6) is 0 Å². The van der Waals surface area contributed by atoms with E-state index in [1.54, 1.807) is 0 Å². The molecule has 2 fully saturated rings. The van der Waals surface area contributed by atoms with Gasteiger partial charge in [0.2, 0.25) is 0 Å². The van der Waals surface area contributed by atoms with Gasteiger partial charge in [-0.3, -0.25) is 5.41 Å². The number of amidine groups is 1. The van der Waals surface area contributed by atoms with Crippen LogP contribution in [0.15, 0.2) is 0 Å². The largest absolute Gasteiger partial charge is 0.378 e. The summed E-state index contributed by atoms with van der Waals surface area (Å²) in [6.07, 6.45) is 6.45. The van der Waals surface area contributed by atoms with E-state index in [1.807, 2.05) is 0 Å². The van der Waals surface area contributed by atoms with Gasteiger partial charge in [-0.1, -0.05) is 26.2 Å². The van der Waals surface area contributed by atoms with Gasteiger partial charge in [0.1, 0.15) is 0 Å². The monoisotopic (exact) mass is 224 g/mol. The number of rotatable bonds is 2. The lowest BCUT2D eigenvalue weighted by Gasteiger charge is -2.36.